The molecule has 0 bridgehead atoms. The Morgan fingerprint density at radius 2 is 2.16 bits per heavy atom. The molecule has 0 saturated heterocycles. The molecule has 0 amide bonds. The fourth-order valence-electron chi connectivity index (χ4n) is 2.52. The number of ether oxygens (including phenoxy) is 1. The van der Waals surface area contributed by atoms with Crippen LogP contribution in [0.2, 0.25) is 0 Å². The Hall–Kier alpha value is -1.74. The number of para-hydroxylation sites is 1. The van der Waals surface area contributed by atoms with Crippen LogP contribution in [0.4, 0.5) is 0 Å². The van der Waals surface area contributed by atoms with Crippen LogP contribution in [0.5, 0.6) is 5.75 Å². The lowest BCUT2D eigenvalue weighted by atomic mass is 10.0. The van der Waals surface area contributed by atoms with Crippen LogP contribution >= 0.6 is 0 Å². The van der Waals surface area contributed by atoms with Crippen molar-refractivity contribution in [3.05, 3.63) is 41.9 Å². The van der Waals surface area contributed by atoms with Gasteiger partial charge in [-0.3, -0.25) is 0 Å². The topological polar surface area (TPSA) is 34.4 Å². The van der Waals surface area contributed by atoms with Gasteiger partial charge in [0.25, 0.3) is 0 Å². The molecule has 2 aromatic rings. The smallest absolute Gasteiger partial charge is 0.130 e. The molecule has 0 fully saturated rings. The van der Waals surface area contributed by atoms with Gasteiger partial charge in [-0.05, 0) is 24.6 Å². The predicted molar refractivity (Wildman–Crippen MR) is 75.3 cm³/mol. The lowest BCUT2D eigenvalue weighted by molar-refractivity contribution is 0.358. The summed E-state index contributed by atoms with van der Waals surface area (Å²) in [5, 5.41) is 3.38. The third-order valence-electron chi connectivity index (χ3n) is 3.46. The minimum Gasteiger partial charge on any atom is -0.492 e. The maximum atomic E-state index is 5.77. The molecule has 0 saturated carbocycles. The van der Waals surface area contributed by atoms with Crippen LogP contribution in [0.3, 0.4) is 0 Å². The van der Waals surface area contributed by atoms with Gasteiger partial charge in [0, 0.05) is 17.5 Å². The van der Waals surface area contributed by atoms with Crippen molar-refractivity contribution < 1.29 is 9.15 Å². The van der Waals surface area contributed by atoms with Gasteiger partial charge in [-0.15, -0.1) is 0 Å². The maximum Gasteiger partial charge on any atom is 0.130 e. The van der Waals surface area contributed by atoms with Gasteiger partial charge in [-0.25, -0.2) is 0 Å². The summed E-state index contributed by atoms with van der Waals surface area (Å²) < 4.78 is 11.4. The minimum atomic E-state index is 0.764. The van der Waals surface area contributed by atoms with Crippen LogP contribution in [0, 0.1) is 0 Å². The highest BCUT2D eigenvalue weighted by atomic mass is 16.5. The van der Waals surface area contributed by atoms with E-state index in [9.17, 15) is 0 Å². The zero-order valence-electron chi connectivity index (χ0n) is 11.2. The summed E-state index contributed by atoms with van der Waals surface area (Å²) >= 11 is 0. The number of benzene rings is 1. The van der Waals surface area contributed by atoms with Gasteiger partial charge in [-0.1, -0.05) is 25.1 Å². The Morgan fingerprint density at radius 1 is 1.21 bits per heavy atom. The molecule has 0 unspecified atom stereocenters. The molecule has 0 aliphatic carbocycles. The van der Waals surface area contributed by atoms with Crippen LogP contribution in [-0.4, -0.2) is 13.2 Å². The molecule has 0 atom stereocenters. The Kier molecular flexibility index (Phi) is 3.56. The summed E-state index contributed by atoms with van der Waals surface area (Å²) in [7, 11) is 0. The zero-order valence-corrected chi connectivity index (χ0v) is 11.2. The second kappa shape index (κ2) is 5.49. The Labute approximate surface area is 113 Å². The van der Waals surface area contributed by atoms with Gasteiger partial charge >= 0.3 is 0 Å². The Morgan fingerprint density at radius 3 is 3.05 bits per heavy atom. The van der Waals surface area contributed by atoms with Gasteiger partial charge in [0.05, 0.1) is 19.4 Å². The lowest BCUT2D eigenvalue weighted by Crippen LogP contribution is -2.13. The predicted octanol–water partition coefficient (Wildman–Crippen LogP) is 3.38. The van der Waals surface area contributed by atoms with Crippen molar-refractivity contribution in [1.29, 1.82) is 0 Å². The Balaban J connectivity index is 1.90. The lowest BCUT2D eigenvalue weighted by Gasteiger charge is -2.08. The van der Waals surface area contributed by atoms with Gasteiger partial charge in [-0.2, -0.15) is 0 Å². The van der Waals surface area contributed by atoms with E-state index < -0.39 is 0 Å². The van der Waals surface area contributed by atoms with Crippen LogP contribution in [0.1, 0.15) is 24.7 Å². The molecule has 1 aromatic heterocycles. The first-order valence-corrected chi connectivity index (χ1v) is 6.92. The van der Waals surface area contributed by atoms with Crippen molar-refractivity contribution in [1.82, 2.24) is 5.32 Å². The van der Waals surface area contributed by atoms with Crippen molar-refractivity contribution in [3.63, 3.8) is 0 Å². The molecule has 0 spiro atoms. The molecule has 2 heterocycles. The van der Waals surface area contributed by atoms with E-state index in [1.165, 1.54) is 5.56 Å². The molecule has 1 aromatic carbocycles. The summed E-state index contributed by atoms with van der Waals surface area (Å²) in [6, 6.07) is 8.37. The highest BCUT2D eigenvalue weighted by molar-refractivity contribution is 5.74. The first kappa shape index (κ1) is 12.3. The SMILES string of the molecule is CCCNCc1occc1-c1cccc2c1OCC2. The highest BCUT2D eigenvalue weighted by Crippen LogP contribution is 2.38. The molecule has 0 radical (unpaired) electrons. The van der Waals surface area contributed by atoms with Crippen LogP contribution in [0.15, 0.2) is 34.9 Å². The largest absolute Gasteiger partial charge is 0.492 e. The fourth-order valence-corrected chi connectivity index (χ4v) is 2.52. The van der Waals surface area contributed by atoms with Gasteiger partial charge < -0.3 is 14.5 Å². The van der Waals surface area contributed by atoms with Crippen molar-refractivity contribution in [2.75, 3.05) is 13.2 Å². The van der Waals surface area contributed by atoms with E-state index in [0.717, 1.165) is 55.2 Å². The van der Waals surface area contributed by atoms with Crippen LogP contribution in [-0.2, 0) is 13.0 Å². The molecule has 19 heavy (non-hydrogen) atoms. The highest BCUT2D eigenvalue weighted by Gasteiger charge is 2.19. The molecule has 1 aliphatic heterocycles. The first-order chi connectivity index (χ1) is 9.40. The van der Waals surface area contributed by atoms with Crippen LogP contribution < -0.4 is 10.1 Å². The third kappa shape index (κ3) is 2.38. The van der Waals surface area contributed by atoms with Gasteiger partial charge in [0.1, 0.15) is 11.5 Å². The summed E-state index contributed by atoms with van der Waals surface area (Å²) in [4.78, 5) is 0. The average Bonchev–Trinajstić information content (AvgIpc) is 3.07. The average molecular weight is 257 g/mol. The van der Waals surface area contributed by atoms with Crippen LogP contribution in [0.25, 0.3) is 11.1 Å². The van der Waals surface area contributed by atoms with Crippen molar-refractivity contribution in [3.8, 4) is 16.9 Å². The molecule has 3 nitrogen and oxygen atoms in total. The molecule has 1 N–H and O–H groups in total. The van der Waals surface area contributed by atoms with Crippen molar-refractivity contribution in [2.45, 2.75) is 26.3 Å². The monoisotopic (exact) mass is 257 g/mol. The van der Waals surface area contributed by atoms with E-state index in [2.05, 4.69) is 30.4 Å². The molecule has 100 valence electrons. The molecule has 3 rings (SSSR count). The Bertz CT molecular complexity index is 560. The second-order valence-electron chi connectivity index (χ2n) is 4.83. The van der Waals surface area contributed by atoms with E-state index in [-0.39, 0.29) is 0 Å². The van der Waals surface area contributed by atoms with Gasteiger partial charge in [0.15, 0.2) is 0 Å². The number of furan rings is 1. The second-order valence-corrected chi connectivity index (χ2v) is 4.83. The fraction of sp³-hybridized carbons (Fsp3) is 0.375. The number of hydrogen-bond acceptors (Lipinski definition) is 3. The van der Waals surface area contributed by atoms with E-state index >= 15 is 0 Å². The van der Waals surface area contributed by atoms with Gasteiger partial charge in [0.2, 0.25) is 0 Å². The summed E-state index contributed by atoms with van der Waals surface area (Å²) in [6.07, 6.45) is 3.89. The van der Waals surface area contributed by atoms with E-state index in [0.29, 0.717) is 0 Å². The normalized spacial score (nSPS) is 13.3. The summed E-state index contributed by atoms with van der Waals surface area (Å²) in [5.74, 6) is 2.01. The first-order valence-electron chi connectivity index (χ1n) is 6.92. The minimum absolute atomic E-state index is 0.764. The number of nitrogens with one attached hydrogen (secondary N) is 1. The standard InChI is InChI=1S/C16H19NO2/c1-2-8-17-11-15-13(7-10-18-15)14-5-3-4-12-6-9-19-16(12)14/h3-5,7,10,17H,2,6,8-9,11H2,1H3. The molecule has 3 heteroatoms. The number of fused-ring (bicyclic) bond motifs is 1. The summed E-state index contributed by atoms with van der Waals surface area (Å²) in [6.45, 7) is 4.71. The third-order valence-corrected chi connectivity index (χ3v) is 3.46. The summed E-state index contributed by atoms with van der Waals surface area (Å²) in [5.41, 5.74) is 3.59. The van der Waals surface area contributed by atoms with E-state index in [1.54, 1.807) is 6.26 Å². The quantitative estimate of drug-likeness (QED) is 0.834. The molecular formula is C16H19NO2. The number of rotatable bonds is 5. The zero-order chi connectivity index (χ0) is 13.1. The van der Waals surface area contributed by atoms with Crippen molar-refractivity contribution >= 4 is 0 Å². The number of hydrogen-bond donors (Lipinski definition) is 1. The van der Waals surface area contributed by atoms with Crippen molar-refractivity contribution in [2.24, 2.45) is 0 Å². The maximum absolute atomic E-state index is 5.77. The molecular weight excluding hydrogens is 238 g/mol. The molecule has 1 aliphatic rings. The van der Waals surface area contributed by atoms with E-state index in [1.807, 2.05) is 6.07 Å². The van der Waals surface area contributed by atoms with E-state index in [4.69, 9.17) is 9.15 Å².